The molecule has 1 heterocycles. The molecule has 3 nitrogen and oxygen atoms in total. The minimum Gasteiger partial charge on any atom is -0.458 e. The predicted octanol–water partition coefficient (Wildman–Crippen LogP) is -2.71. The lowest BCUT2D eigenvalue weighted by atomic mass is 15.8. The normalized spacial score (nSPS) is 21.0. The van der Waals surface area contributed by atoms with Gasteiger partial charge in [0.1, 0.15) is 0 Å². The van der Waals surface area contributed by atoms with Gasteiger partial charge in [0.2, 0.25) is 34.7 Å². The molecule has 1 fully saturated rings. The van der Waals surface area contributed by atoms with Crippen LogP contribution in [0.5, 0.6) is 0 Å². The molecule has 0 saturated carbocycles. The molecule has 0 aliphatic carbocycles. The first-order valence-electron chi connectivity index (χ1n) is 1.61. The van der Waals surface area contributed by atoms with Gasteiger partial charge in [-0.05, 0) is 0 Å². The van der Waals surface area contributed by atoms with Crippen molar-refractivity contribution in [3.8, 4) is 0 Å². The summed E-state index contributed by atoms with van der Waals surface area (Å²) in [7, 11) is -1.81. The lowest BCUT2D eigenvalue weighted by molar-refractivity contribution is 0.573. The smallest absolute Gasteiger partial charge is 0.240 e. The van der Waals surface area contributed by atoms with Gasteiger partial charge in [0.05, 0.1) is 0 Å². The van der Waals surface area contributed by atoms with Crippen LogP contribution in [-0.2, 0) is 4.12 Å². The van der Waals surface area contributed by atoms with Gasteiger partial charge in [-0.1, -0.05) is 0 Å². The Morgan fingerprint density at radius 2 is 2.43 bits per heavy atom. The largest absolute Gasteiger partial charge is 0.458 e. The standard InChI is InChI=1S/H2O3Si4/c1-4-6(2)7-3-5-7/h1-2H. The second-order valence-electron chi connectivity index (χ2n) is 0.994. The summed E-state index contributed by atoms with van der Waals surface area (Å²) in [5.74, 6) is 0. The predicted molar refractivity (Wildman–Crippen MR) is 28.5 cm³/mol. The average Bonchev–Trinajstić information content (AvgIpc) is 2.44. The Kier molecular flexibility index (Phi) is 1.97. The van der Waals surface area contributed by atoms with Gasteiger partial charge >= 0.3 is 0 Å². The third-order valence-electron chi connectivity index (χ3n) is 0.525. The van der Waals surface area contributed by atoms with Crippen LogP contribution in [-0.4, -0.2) is 44.3 Å². The Labute approximate surface area is 49.0 Å². The first-order chi connectivity index (χ1) is 3.34. The molecule has 0 atom stereocenters. The first-order valence-corrected chi connectivity index (χ1v) is 9.32. The maximum atomic E-state index is 8.79. The first kappa shape index (κ1) is 5.88. The Hall–Kier alpha value is 0.748. The fourth-order valence-electron chi connectivity index (χ4n) is 0.173. The van der Waals surface area contributed by atoms with Gasteiger partial charge in [-0.15, -0.1) is 0 Å². The van der Waals surface area contributed by atoms with Gasteiger partial charge in [-0.2, -0.15) is 0 Å². The van der Waals surface area contributed by atoms with Gasteiger partial charge in [-0.3, -0.25) is 0 Å². The van der Waals surface area contributed by atoms with Crippen molar-refractivity contribution in [2.24, 2.45) is 0 Å². The summed E-state index contributed by atoms with van der Waals surface area (Å²) in [6, 6.07) is 0. The molecule has 0 amide bonds. The molecule has 1 rings (SSSR count). The highest BCUT2D eigenvalue weighted by Crippen LogP contribution is 1.99. The lowest BCUT2D eigenvalue weighted by Gasteiger charge is -1.88. The fourth-order valence-corrected chi connectivity index (χ4v) is 10.3. The molecule has 7 heteroatoms. The molecular formula is H2O3Si4. The third-order valence-corrected chi connectivity index (χ3v) is 14.0. The SMILES string of the molecule is O[Si][Si](O)[Si]1O[Si]1. The van der Waals surface area contributed by atoms with Crippen LogP contribution in [0.2, 0.25) is 0 Å². The topological polar surface area (TPSA) is 53.0 Å². The Bertz CT molecular complexity index is 60.0. The van der Waals surface area contributed by atoms with Crippen molar-refractivity contribution < 1.29 is 13.7 Å². The van der Waals surface area contributed by atoms with Crippen molar-refractivity contribution in [1.29, 1.82) is 0 Å². The second kappa shape index (κ2) is 2.35. The van der Waals surface area contributed by atoms with Crippen LogP contribution in [0.4, 0.5) is 0 Å². The molecule has 7 heavy (non-hydrogen) atoms. The fraction of sp³-hybridized carbons (Fsp3) is 0. The van der Waals surface area contributed by atoms with Gasteiger partial charge < -0.3 is 13.7 Å². The van der Waals surface area contributed by atoms with Crippen molar-refractivity contribution in [1.82, 2.24) is 0 Å². The van der Waals surface area contributed by atoms with Crippen LogP contribution in [0, 0.1) is 0 Å². The van der Waals surface area contributed by atoms with E-state index in [2.05, 4.69) is 0 Å². The van der Waals surface area contributed by atoms with Gasteiger partial charge in [0, 0.05) is 0 Å². The molecule has 0 aromatic rings. The van der Waals surface area contributed by atoms with E-state index in [0.717, 1.165) is 0 Å². The second-order valence-corrected chi connectivity index (χ2v) is 13.4. The summed E-state index contributed by atoms with van der Waals surface area (Å²) in [6.07, 6.45) is 0. The van der Waals surface area contributed by atoms with E-state index in [1.165, 1.54) is 0 Å². The molecule has 0 spiro atoms. The van der Waals surface area contributed by atoms with E-state index in [0.29, 0.717) is 9.28 Å². The van der Waals surface area contributed by atoms with E-state index in [9.17, 15) is 0 Å². The summed E-state index contributed by atoms with van der Waals surface area (Å²) in [5, 5.41) is 0. The Morgan fingerprint density at radius 1 is 1.86 bits per heavy atom. The van der Waals surface area contributed by atoms with E-state index in [1.54, 1.807) is 0 Å². The number of rotatable bonds is 2. The monoisotopic (exact) mass is 162 g/mol. The van der Waals surface area contributed by atoms with Crippen LogP contribution < -0.4 is 0 Å². The third kappa shape index (κ3) is 1.60. The molecule has 0 aromatic carbocycles. The summed E-state index contributed by atoms with van der Waals surface area (Å²) in [6.45, 7) is 0. The minimum absolute atomic E-state index is 0.241. The van der Waals surface area contributed by atoms with Crippen LogP contribution in [0.3, 0.4) is 0 Å². The molecule has 1 aliphatic heterocycles. The van der Waals surface area contributed by atoms with Crippen LogP contribution in [0.1, 0.15) is 0 Å². The molecule has 1 saturated heterocycles. The van der Waals surface area contributed by atoms with Crippen molar-refractivity contribution in [3.05, 3.63) is 0 Å². The Balaban J connectivity index is 2.10. The van der Waals surface area contributed by atoms with Crippen molar-refractivity contribution in [2.45, 2.75) is 0 Å². The molecule has 0 aromatic heterocycles. The maximum absolute atomic E-state index is 8.79. The summed E-state index contributed by atoms with van der Waals surface area (Å²) in [5.41, 5.74) is 0. The molecule has 1 aliphatic rings. The van der Waals surface area contributed by atoms with Crippen LogP contribution >= 0.6 is 0 Å². The lowest BCUT2D eigenvalue weighted by Crippen LogP contribution is -2.33. The Morgan fingerprint density at radius 3 is 2.57 bits per heavy atom. The van der Waals surface area contributed by atoms with Crippen molar-refractivity contribution in [2.75, 3.05) is 0 Å². The van der Waals surface area contributed by atoms with E-state index in [-0.39, 0.29) is 9.28 Å². The number of hydrogen-bond donors (Lipinski definition) is 2. The highest BCUT2D eigenvalue weighted by Gasteiger charge is 2.39. The van der Waals surface area contributed by atoms with E-state index in [4.69, 9.17) is 13.7 Å². The highest BCUT2D eigenvalue weighted by atomic mass is 29.8. The molecule has 36 valence electrons. The van der Waals surface area contributed by atoms with E-state index < -0.39 is 16.2 Å². The van der Waals surface area contributed by atoms with Crippen molar-refractivity contribution >= 4 is 34.7 Å². The summed E-state index contributed by atoms with van der Waals surface area (Å²) >= 11 is 0. The summed E-state index contributed by atoms with van der Waals surface area (Å²) < 4.78 is 4.83. The van der Waals surface area contributed by atoms with Gasteiger partial charge in [-0.25, -0.2) is 0 Å². The highest BCUT2D eigenvalue weighted by molar-refractivity contribution is 7.60. The average molecular weight is 162 g/mol. The molecular weight excluding hydrogens is 160 g/mol. The maximum Gasteiger partial charge on any atom is 0.240 e. The molecule has 2 N–H and O–H groups in total. The molecule has 0 unspecified atom stereocenters. The minimum atomic E-state index is -1.36. The molecule has 0 bridgehead atoms. The zero-order valence-electron chi connectivity index (χ0n) is 3.30. The van der Waals surface area contributed by atoms with E-state index in [1.807, 2.05) is 0 Å². The zero-order chi connectivity index (χ0) is 5.28. The molecule has 6 radical (unpaired) electrons. The van der Waals surface area contributed by atoms with E-state index >= 15 is 0 Å². The van der Waals surface area contributed by atoms with Crippen LogP contribution in [0.15, 0.2) is 0 Å². The zero-order valence-corrected chi connectivity index (χ0v) is 7.30. The number of hydrogen-bond acceptors (Lipinski definition) is 3. The van der Waals surface area contributed by atoms with Gasteiger partial charge in [0.25, 0.3) is 0 Å². The van der Waals surface area contributed by atoms with Crippen LogP contribution in [0.25, 0.3) is 0 Å². The summed E-state index contributed by atoms with van der Waals surface area (Å²) in [4.78, 5) is 17.1. The quantitative estimate of drug-likeness (QED) is 0.343. The van der Waals surface area contributed by atoms with Crippen molar-refractivity contribution in [3.63, 3.8) is 0 Å². The van der Waals surface area contributed by atoms with Gasteiger partial charge in [0.15, 0.2) is 0 Å².